The van der Waals surface area contributed by atoms with Crippen molar-refractivity contribution in [2.75, 3.05) is 0 Å². The Bertz CT molecular complexity index is 220. The van der Waals surface area contributed by atoms with E-state index in [1.807, 2.05) is 0 Å². The van der Waals surface area contributed by atoms with E-state index in [0.29, 0.717) is 15.9 Å². The van der Waals surface area contributed by atoms with Gasteiger partial charge in [-0.25, -0.2) is 0 Å². The van der Waals surface area contributed by atoms with Crippen LogP contribution in [0.1, 0.15) is 92.4 Å². The first-order valence-corrected chi connectivity index (χ1v) is 9.66. The van der Waals surface area contributed by atoms with Crippen molar-refractivity contribution in [1.29, 1.82) is 0 Å². The topological polar surface area (TPSA) is 0 Å². The molecule has 0 radical (unpaired) electrons. The standard InChI is InChI=1S/C18H38S2/c1-6-7-8-11-16(19)13-14-17(20)12-9-10-15(2)18(3,4)5/h15-17,19-20H,6-14H2,1-5H3. The molecule has 2 heteroatoms. The lowest BCUT2D eigenvalue weighted by molar-refractivity contribution is 0.241. The summed E-state index contributed by atoms with van der Waals surface area (Å²) in [6, 6.07) is 0. The summed E-state index contributed by atoms with van der Waals surface area (Å²) in [4.78, 5) is 0. The van der Waals surface area contributed by atoms with Crippen LogP contribution in [0.5, 0.6) is 0 Å². The summed E-state index contributed by atoms with van der Waals surface area (Å²) in [5.74, 6) is 0.801. The lowest BCUT2D eigenvalue weighted by Crippen LogP contribution is -2.17. The van der Waals surface area contributed by atoms with Crippen LogP contribution in [0, 0.1) is 11.3 Å². The highest BCUT2D eigenvalue weighted by molar-refractivity contribution is 7.81. The van der Waals surface area contributed by atoms with Gasteiger partial charge in [-0.05, 0) is 37.0 Å². The SMILES string of the molecule is CCCCCC(S)CCC(S)CCCC(C)C(C)(C)C. The molecule has 0 aliphatic rings. The molecule has 122 valence electrons. The Hall–Kier alpha value is 0.700. The van der Waals surface area contributed by atoms with Crippen LogP contribution in [0.25, 0.3) is 0 Å². The molecule has 0 heterocycles. The van der Waals surface area contributed by atoms with E-state index in [4.69, 9.17) is 25.3 Å². The lowest BCUT2D eigenvalue weighted by Gasteiger charge is -2.27. The Morgan fingerprint density at radius 2 is 1.25 bits per heavy atom. The summed E-state index contributed by atoms with van der Waals surface area (Å²) < 4.78 is 0. The molecule has 0 aliphatic carbocycles. The Kier molecular flexibility index (Phi) is 11.7. The second-order valence-corrected chi connectivity index (χ2v) is 9.04. The van der Waals surface area contributed by atoms with Gasteiger partial charge in [0.1, 0.15) is 0 Å². The molecule has 0 rings (SSSR count). The summed E-state index contributed by atoms with van der Waals surface area (Å²) in [6.45, 7) is 11.7. The van der Waals surface area contributed by atoms with Crippen molar-refractivity contribution in [1.82, 2.24) is 0 Å². The van der Waals surface area contributed by atoms with Crippen LogP contribution in [0.2, 0.25) is 0 Å². The van der Waals surface area contributed by atoms with Gasteiger partial charge in [0, 0.05) is 10.5 Å². The van der Waals surface area contributed by atoms with Gasteiger partial charge in [-0.15, -0.1) is 0 Å². The second kappa shape index (κ2) is 11.3. The van der Waals surface area contributed by atoms with Crippen molar-refractivity contribution in [3.63, 3.8) is 0 Å². The highest BCUT2D eigenvalue weighted by Gasteiger charge is 2.19. The smallest absolute Gasteiger partial charge is 0.00172 e. The average Bonchev–Trinajstić information content (AvgIpc) is 2.35. The fourth-order valence-corrected chi connectivity index (χ4v) is 3.06. The van der Waals surface area contributed by atoms with Crippen LogP contribution in [-0.4, -0.2) is 10.5 Å². The summed E-state index contributed by atoms with van der Waals surface area (Å²) in [6.07, 6.45) is 11.7. The number of rotatable bonds is 11. The monoisotopic (exact) mass is 318 g/mol. The van der Waals surface area contributed by atoms with E-state index in [1.165, 1.54) is 57.8 Å². The van der Waals surface area contributed by atoms with Crippen molar-refractivity contribution in [3.05, 3.63) is 0 Å². The molecule has 3 atom stereocenters. The summed E-state index contributed by atoms with van der Waals surface area (Å²) >= 11 is 9.46. The van der Waals surface area contributed by atoms with E-state index in [1.54, 1.807) is 0 Å². The molecule has 0 aliphatic heterocycles. The third-order valence-electron chi connectivity index (χ3n) is 4.63. The van der Waals surface area contributed by atoms with E-state index >= 15 is 0 Å². The van der Waals surface area contributed by atoms with E-state index in [0.717, 1.165) is 5.92 Å². The number of hydrogen-bond donors (Lipinski definition) is 2. The Morgan fingerprint density at radius 1 is 0.750 bits per heavy atom. The van der Waals surface area contributed by atoms with Crippen LogP contribution in [0.4, 0.5) is 0 Å². The normalized spacial score (nSPS) is 16.9. The fraction of sp³-hybridized carbons (Fsp3) is 1.00. The minimum Gasteiger partial charge on any atom is -0.176 e. The maximum absolute atomic E-state index is 4.76. The molecule has 0 nitrogen and oxygen atoms in total. The molecule has 0 aromatic rings. The quantitative estimate of drug-likeness (QED) is 0.304. The van der Waals surface area contributed by atoms with Crippen LogP contribution in [-0.2, 0) is 0 Å². The third-order valence-corrected chi connectivity index (χ3v) is 5.66. The number of hydrogen-bond acceptors (Lipinski definition) is 2. The molecule has 0 N–H and O–H groups in total. The number of unbranched alkanes of at least 4 members (excludes halogenated alkanes) is 2. The van der Waals surface area contributed by atoms with Gasteiger partial charge in [0.2, 0.25) is 0 Å². The minimum absolute atomic E-state index is 0.446. The maximum Gasteiger partial charge on any atom is 0.00172 e. The first-order chi connectivity index (χ1) is 9.27. The van der Waals surface area contributed by atoms with Gasteiger partial charge in [-0.3, -0.25) is 0 Å². The van der Waals surface area contributed by atoms with Gasteiger partial charge in [0.15, 0.2) is 0 Å². The molecule has 20 heavy (non-hydrogen) atoms. The van der Waals surface area contributed by atoms with Gasteiger partial charge in [-0.1, -0.05) is 66.7 Å². The summed E-state index contributed by atoms with van der Waals surface area (Å²) in [5.41, 5.74) is 0.446. The largest absolute Gasteiger partial charge is 0.176 e. The molecule has 0 saturated carbocycles. The van der Waals surface area contributed by atoms with Gasteiger partial charge in [0.25, 0.3) is 0 Å². The fourth-order valence-electron chi connectivity index (χ4n) is 2.40. The Balaban J connectivity index is 3.61. The predicted molar refractivity (Wildman–Crippen MR) is 101 cm³/mol. The van der Waals surface area contributed by atoms with Crippen molar-refractivity contribution in [2.24, 2.45) is 11.3 Å². The van der Waals surface area contributed by atoms with Crippen LogP contribution < -0.4 is 0 Å². The van der Waals surface area contributed by atoms with E-state index in [2.05, 4.69) is 34.6 Å². The molecular formula is C18H38S2. The predicted octanol–water partition coefficient (Wildman–Crippen LogP) is 6.80. The zero-order valence-corrected chi connectivity index (χ0v) is 16.3. The average molecular weight is 319 g/mol. The lowest BCUT2D eigenvalue weighted by atomic mass is 9.79. The van der Waals surface area contributed by atoms with Gasteiger partial charge >= 0.3 is 0 Å². The zero-order valence-electron chi connectivity index (χ0n) is 14.5. The Morgan fingerprint density at radius 3 is 1.70 bits per heavy atom. The maximum atomic E-state index is 4.76. The van der Waals surface area contributed by atoms with Crippen LogP contribution >= 0.6 is 25.3 Å². The molecule has 3 unspecified atom stereocenters. The molecule has 0 saturated heterocycles. The molecule has 0 aromatic heterocycles. The van der Waals surface area contributed by atoms with E-state index < -0.39 is 0 Å². The molecule has 0 fully saturated rings. The highest BCUT2D eigenvalue weighted by Crippen LogP contribution is 2.30. The highest BCUT2D eigenvalue weighted by atomic mass is 32.1. The third kappa shape index (κ3) is 11.4. The summed E-state index contributed by atoms with van der Waals surface area (Å²) in [5, 5.41) is 1.16. The molecule has 0 amide bonds. The van der Waals surface area contributed by atoms with Crippen molar-refractivity contribution >= 4 is 25.3 Å². The Labute approximate surface area is 139 Å². The first kappa shape index (κ1) is 20.7. The van der Waals surface area contributed by atoms with E-state index in [-0.39, 0.29) is 0 Å². The van der Waals surface area contributed by atoms with Gasteiger partial charge < -0.3 is 0 Å². The first-order valence-electron chi connectivity index (χ1n) is 8.63. The van der Waals surface area contributed by atoms with Crippen molar-refractivity contribution < 1.29 is 0 Å². The second-order valence-electron chi connectivity index (χ2n) is 7.58. The van der Waals surface area contributed by atoms with Crippen LogP contribution in [0.3, 0.4) is 0 Å². The van der Waals surface area contributed by atoms with E-state index in [9.17, 15) is 0 Å². The summed E-state index contributed by atoms with van der Waals surface area (Å²) in [7, 11) is 0. The zero-order chi connectivity index (χ0) is 15.6. The van der Waals surface area contributed by atoms with Gasteiger partial charge in [-0.2, -0.15) is 25.3 Å². The van der Waals surface area contributed by atoms with Crippen LogP contribution in [0.15, 0.2) is 0 Å². The molecule has 0 spiro atoms. The van der Waals surface area contributed by atoms with Crippen molar-refractivity contribution in [2.45, 2.75) is 103 Å². The molecule has 0 bridgehead atoms. The van der Waals surface area contributed by atoms with Crippen molar-refractivity contribution in [3.8, 4) is 0 Å². The van der Waals surface area contributed by atoms with Gasteiger partial charge in [0.05, 0.1) is 0 Å². The number of thiol groups is 2. The minimum atomic E-state index is 0.446. The molecular weight excluding hydrogens is 280 g/mol. The molecule has 0 aromatic carbocycles.